The number of hydrogen-bond donors (Lipinski definition) is 2. The summed E-state index contributed by atoms with van der Waals surface area (Å²) in [4.78, 5) is 46.4. The molecule has 1 aliphatic rings. The van der Waals surface area contributed by atoms with Crippen LogP contribution >= 0.6 is 11.8 Å². The summed E-state index contributed by atoms with van der Waals surface area (Å²) < 4.78 is 1.34. The highest BCUT2D eigenvalue weighted by molar-refractivity contribution is 7.99. The van der Waals surface area contributed by atoms with Gasteiger partial charge < -0.3 is 15.5 Å². The third-order valence-electron chi connectivity index (χ3n) is 5.92. The Morgan fingerprint density at radius 1 is 1.00 bits per heavy atom. The summed E-state index contributed by atoms with van der Waals surface area (Å²) in [6, 6.07) is 16.2. The minimum Gasteiger partial charge on any atom is -0.383 e. The van der Waals surface area contributed by atoms with Crippen LogP contribution in [-0.2, 0) is 11.3 Å². The summed E-state index contributed by atoms with van der Waals surface area (Å²) in [6.07, 6.45) is 1.78. The van der Waals surface area contributed by atoms with Crippen LogP contribution in [0.5, 0.6) is 0 Å². The van der Waals surface area contributed by atoms with Gasteiger partial charge in [0.15, 0.2) is 5.69 Å². The molecule has 1 amide bonds. The van der Waals surface area contributed by atoms with E-state index in [2.05, 4.69) is 22.0 Å². The first-order valence-electron chi connectivity index (χ1n) is 11.5. The lowest BCUT2D eigenvalue weighted by Crippen LogP contribution is -2.42. The number of nitrogen functional groups attached to an aromatic ring is 1. The van der Waals surface area contributed by atoms with Crippen LogP contribution in [0, 0.1) is 0 Å². The van der Waals surface area contributed by atoms with Crippen molar-refractivity contribution in [2.75, 3.05) is 28.6 Å². The zero-order chi connectivity index (χ0) is 24.2. The number of aromatic amines is 1. The maximum absolute atomic E-state index is 13.4. The molecule has 0 unspecified atom stereocenters. The molecule has 0 atom stereocenters. The number of carbonyl (C=O) groups is 1. The maximum atomic E-state index is 13.4. The van der Waals surface area contributed by atoms with Crippen molar-refractivity contribution in [1.82, 2.24) is 9.55 Å². The van der Waals surface area contributed by atoms with E-state index < -0.39 is 11.2 Å². The average molecular weight is 480 g/mol. The predicted molar refractivity (Wildman–Crippen MR) is 137 cm³/mol. The molecular formula is C25H29N5O3S. The van der Waals surface area contributed by atoms with E-state index >= 15 is 0 Å². The molecule has 3 N–H and O–H groups in total. The van der Waals surface area contributed by atoms with Gasteiger partial charge in [0.1, 0.15) is 5.82 Å². The lowest BCUT2D eigenvalue weighted by Gasteiger charge is -2.33. The van der Waals surface area contributed by atoms with Gasteiger partial charge in [0.2, 0.25) is 5.91 Å². The molecule has 0 spiro atoms. The highest BCUT2D eigenvalue weighted by Gasteiger charge is 2.26. The number of H-pyrrole nitrogens is 1. The minimum atomic E-state index is -0.643. The van der Waals surface area contributed by atoms with Crippen molar-refractivity contribution < 1.29 is 4.79 Å². The van der Waals surface area contributed by atoms with Gasteiger partial charge in [-0.2, -0.15) is 0 Å². The van der Waals surface area contributed by atoms with Gasteiger partial charge in [-0.25, -0.2) is 4.79 Å². The lowest BCUT2D eigenvalue weighted by molar-refractivity contribution is -0.118. The molecule has 34 heavy (non-hydrogen) atoms. The number of rotatable bonds is 8. The van der Waals surface area contributed by atoms with Crippen molar-refractivity contribution in [1.29, 1.82) is 0 Å². The number of aromatic nitrogens is 2. The van der Waals surface area contributed by atoms with E-state index in [4.69, 9.17) is 5.73 Å². The highest BCUT2D eigenvalue weighted by Crippen LogP contribution is 2.47. The van der Waals surface area contributed by atoms with Gasteiger partial charge in [-0.05, 0) is 37.6 Å². The van der Waals surface area contributed by atoms with Crippen LogP contribution in [0.15, 0.2) is 67.9 Å². The fourth-order valence-electron chi connectivity index (χ4n) is 4.20. The largest absolute Gasteiger partial charge is 0.383 e. The molecule has 178 valence electrons. The van der Waals surface area contributed by atoms with Crippen LogP contribution in [0.1, 0.15) is 33.1 Å². The van der Waals surface area contributed by atoms with E-state index in [0.717, 1.165) is 34.0 Å². The lowest BCUT2D eigenvalue weighted by atomic mass is 10.2. The van der Waals surface area contributed by atoms with Crippen LogP contribution in [-0.4, -0.2) is 28.5 Å². The Morgan fingerprint density at radius 2 is 1.62 bits per heavy atom. The second kappa shape index (κ2) is 10.2. The van der Waals surface area contributed by atoms with Crippen molar-refractivity contribution >= 4 is 40.5 Å². The van der Waals surface area contributed by atoms with Crippen LogP contribution < -0.4 is 26.8 Å². The molecule has 0 aliphatic carbocycles. The molecule has 0 fully saturated rings. The van der Waals surface area contributed by atoms with Crippen LogP contribution in [0.4, 0.5) is 22.9 Å². The average Bonchev–Trinajstić information content (AvgIpc) is 2.84. The van der Waals surface area contributed by atoms with E-state index in [-0.39, 0.29) is 30.4 Å². The van der Waals surface area contributed by atoms with Gasteiger partial charge in [-0.3, -0.25) is 19.1 Å². The molecule has 0 bridgehead atoms. The molecule has 0 radical (unpaired) electrons. The van der Waals surface area contributed by atoms with Crippen LogP contribution in [0.25, 0.3) is 0 Å². The van der Waals surface area contributed by atoms with E-state index in [1.165, 1.54) is 9.47 Å². The van der Waals surface area contributed by atoms with E-state index in [9.17, 15) is 14.4 Å². The summed E-state index contributed by atoms with van der Waals surface area (Å²) >= 11 is 1.71. The Morgan fingerprint density at radius 3 is 2.21 bits per heavy atom. The third kappa shape index (κ3) is 4.48. The summed E-state index contributed by atoms with van der Waals surface area (Å²) in [7, 11) is 0. The van der Waals surface area contributed by atoms with Gasteiger partial charge in [-0.15, -0.1) is 0 Å². The monoisotopic (exact) mass is 479 g/mol. The van der Waals surface area contributed by atoms with Gasteiger partial charge in [0.25, 0.3) is 5.56 Å². The molecule has 1 aliphatic heterocycles. The normalized spacial score (nSPS) is 12.2. The number of fused-ring (bicyclic) bond motifs is 2. The smallest absolute Gasteiger partial charge is 0.330 e. The standard InChI is InChI=1S/C25H29N5O3S/c1-3-5-15-30-23(26)22(24(32)27-25(30)33)28(4-2)21(31)14-16-29-17-10-6-8-12-19(17)34-20-13-9-7-11-18(20)29/h6-13H,3-5,14-16,26H2,1-2H3,(H,27,32,33). The van der Waals surface area contributed by atoms with Crippen LogP contribution in [0.2, 0.25) is 0 Å². The summed E-state index contributed by atoms with van der Waals surface area (Å²) in [5, 5.41) is 0. The molecule has 8 nitrogen and oxygen atoms in total. The molecule has 1 aromatic heterocycles. The van der Waals surface area contributed by atoms with Gasteiger partial charge in [0, 0.05) is 35.8 Å². The first-order chi connectivity index (χ1) is 16.5. The van der Waals surface area contributed by atoms with Gasteiger partial charge in [-0.1, -0.05) is 49.4 Å². The molecule has 9 heteroatoms. The molecule has 0 saturated carbocycles. The maximum Gasteiger partial charge on any atom is 0.330 e. The van der Waals surface area contributed by atoms with E-state index in [1.54, 1.807) is 18.7 Å². The third-order valence-corrected chi connectivity index (χ3v) is 7.05. The number of nitrogens with two attached hydrogens (primary N) is 1. The quantitative estimate of drug-likeness (QED) is 0.507. The Hall–Kier alpha value is -3.46. The second-order valence-corrected chi connectivity index (χ2v) is 9.16. The predicted octanol–water partition coefficient (Wildman–Crippen LogP) is 3.96. The number of carbonyl (C=O) groups excluding carboxylic acids is 1. The zero-order valence-electron chi connectivity index (χ0n) is 19.4. The summed E-state index contributed by atoms with van der Waals surface area (Å²) in [5.41, 5.74) is 7.18. The highest BCUT2D eigenvalue weighted by atomic mass is 32.2. The number of unbranched alkanes of at least 4 members (excludes halogenated alkanes) is 1. The number of para-hydroxylation sites is 2. The SMILES string of the molecule is CCCCn1c(N)c(N(CC)C(=O)CCN2c3ccccc3Sc3ccccc32)c(=O)[nH]c1=O. The van der Waals surface area contributed by atoms with Crippen molar-refractivity contribution in [3.05, 3.63) is 69.4 Å². The number of anilines is 4. The van der Waals surface area contributed by atoms with Gasteiger partial charge in [0.05, 0.1) is 11.4 Å². The Bertz CT molecular complexity index is 1270. The van der Waals surface area contributed by atoms with E-state index in [0.29, 0.717) is 13.1 Å². The fourth-order valence-corrected chi connectivity index (χ4v) is 5.30. The van der Waals surface area contributed by atoms with Crippen LogP contribution in [0.3, 0.4) is 0 Å². The number of nitrogens with one attached hydrogen (secondary N) is 1. The first-order valence-corrected chi connectivity index (χ1v) is 12.3. The Kier molecular flexibility index (Phi) is 7.12. The second-order valence-electron chi connectivity index (χ2n) is 8.08. The van der Waals surface area contributed by atoms with Crippen molar-refractivity contribution in [2.24, 2.45) is 0 Å². The minimum absolute atomic E-state index is 0.0301. The van der Waals surface area contributed by atoms with Crippen molar-refractivity contribution in [2.45, 2.75) is 49.4 Å². The first kappa shape index (κ1) is 23.7. The molecular weight excluding hydrogens is 450 g/mol. The number of nitrogens with zero attached hydrogens (tertiary/aromatic N) is 3. The molecule has 3 aromatic rings. The zero-order valence-corrected chi connectivity index (χ0v) is 20.2. The van der Waals surface area contributed by atoms with E-state index in [1.807, 2.05) is 43.3 Å². The number of amides is 1. The fraction of sp³-hybridized carbons (Fsp3) is 0.320. The van der Waals surface area contributed by atoms with Crippen molar-refractivity contribution in [3.8, 4) is 0 Å². The van der Waals surface area contributed by atoms with Crippen molar-refractivity contribution in [3.63, 3.8) is 0 Å². The Balaban J connectivity index is 1.62. The molecule has 4 rings (SSSR count). The molecule has 2 aromatic carbocycles. The number of hydrogen-bond acceptors (Lipinski definition) is 6. The summed E-state index contributed by atoms with van der Waals surface area (Å²) in [6.45, 7) is 4.89. The Labute approximate surface area is 202 Å². The summed E-state index contributed by atoms with van der Waals surface area (Å²) in [5.74, 6) is -0.198. The molecule has 0 saturated heterocycles. The topological polar surface area (TPSA) is 104 Å². The van der Waals surface area contributed by atoms with Gasteiger partial charge >= 0.3 is 5.69 Å². The number of benzene rings is 2. The molecule has 2 heterocycles.